The number of hydrogen-bond acceptors (Lipinski definition) is 3. The van der Waals surface area contributed by atoms with Crippen LogP contribution in [0.2, 0.25) is 0 Å². The van der Waals surface area contributed by atoms with Gasteiger partial charge >= 0.3 is 5.97 Å². The van der Waals surface area contributed by atoms with Crippen molar-refractivity contribution in [3.8, 4) is 0 Å². The monoisotopic (exact) mass is 253 g/mol. The van der Waals surface area contributed by atoms with E-state index in [1.807, 2.05) is 30.3 Å². The third-order valence-electron chi connectivity index (χ3n) is 2.71. The quantitative estimate of drug-likeness (QED) is 0.769. The molecule has 2 rings (SSSR count). The summed E-state index contributed by atoms with van der Waals surface area (Å²) >= 11 is 0. The predicted molar refractivity (Wildman–Crippen MR) is 71.4 cm³/mol. The molecule has 0 amide bonds. The molecule has 1 radical (unpaired) electrons. The first-order valence-corrected chi connectivity index (χ1v) is 5.95. The van der Waals surface area contributed by atoms with Crippen molar-refractivity contribution in [3.63, 3.8) is 0 Å². The first-order chi connectivity index (χ1) is 9.31. The summed E-state index contributed by atoms with van der Waals surface area (Å²) in [7, 11) is 0. The van der Waals surface area contributed by atoms with Gasteiger partial charge < -0.3 is 4.74 Å². The van der Waals surface area contributed by atoms with E-state index in [2.05, 4.69) is 0 Å². The van der Waals surface area contributed by atoms with E-state index in [4.69, 9.17) is 4.74 Å². The van der Waals surface area contributed by atoms with Crippen LogP contribution in [0, 0.1) is 0 Å². The zero-order valence-corrected chi connectivity index (χ0v) is 10.3. The number of esters is 1. The highest BCUT2D eigenvalue weighted by atomic mass is 16.5. The van der Waals surface area contributed by atoms with Crippen LogP contribution in [0.4, 0.5) is 0 Å². The van der Waals surface area contributed by atoms with Crippen LogP contribution in [0.25, 0.3) is 0 Å². The minimum atomic E-state index is -0.422. The summed E-state index contributed by atoms with van der Waals surface area (Å²) < 4.78 is 5.23. The Morgan fingerprint density at radius 2 is 1.68 bits per heavy atom. The predicted octanol–water partition coefficient (Wildman–Crippen LogP) is 2.70. The molecule has 0 aliphatic rings. The molecule has 0 bridgehead atoms. The Morgan fingerprint density at radius 1 is 1.00 bits per heavy atom. The lowest BCUT2D eigenvalue weighted by Crippen LogP contribution is -2.08. The number of carbonyl (C=O) groups excluding carboxylic acids is 2. The average molecular weight is 253 g/mol. The number of carbonyl (C=O) groups is 1. The summed E-state index contributed by atoms with van der Waals surface area (Å²) in [6.45, 7) is 0.221. The van der Waals surface area contributed by atoms with Crippen LogP contribution in [0.15, 0.2) is 54.6 Å². The first-order valence-electron chi connectivity index (χ1n) is 5.95. The highest BCUT2D eigenvalue weighted by Gasteiger charge is 2.12. The summed E-state index contributed by atoms with van der Waals surface area (Å²) in [5, 5.41) is 0. The SMILES string of the molecule is O=[C]Cc1ccccc1C(=O)OCc1ccccc1. The molecule has 0 atom stereocenters. The largest absolute Gasteiger partial charge is 0.457 e. The van der Waals surface area contributed by atoms with Crippen LogP contribution in [0.3, 0.4) is 0 Å². The third-order valence-corrected chi connectivity index (χ3v) is 2.71. The molecule has 0 aliphatic carbocycles. The van der Waals surface area contributed by atoms with E-state index in [1.165, 1.54) is 0 Å². The summed E-state index contributed by atoms with van der Waals surface area (Å²) in [5.41, 5.74) is 1.98. The van der Waals surface area contributed by atoms with Gasteiger partial charge in [0.1, 0.15) is 6.61 Å². The molecule has 0 N–H and O–H groups in total. The molecule has 0 aliphatic heterocycles. The van der Waals surface area contributed by atoms with Gasteiger partial charge in [-0.2, -0.15) is 0 Å². The number of hydrogen-bond donors (Lipinski definition) is 0. The number of rotatable bonds is 5. The smallest absolute Gasteiger partial charge is 0.338 e. The van der Waals surface area contributed by atoms with Crippen LogP contribution in [0.5, 0.6) is 0 Å². The summed E-state index contributed by atoms with van der Waals surface area (Å²) in [6, 6.07) is 16.4. The molecule has 0 saturated heterocycles. The molecule has 3 heteroatoms. The van der Waals surface area contributed by atoms with E-state index < -0.39 is 5.97 Å². The second kappa shape index (κ2) is 6.50. The molecule has 3 nitrogen and oxygen atoms in total. The zero-order chi connectivity index (χ0) is 13.5. The Kier molecular flexibility index (Phi) is 4.45. The van der Waals surface area contributed by atoms with Gasteiger partial charge in [-0.15, -0.1) is 0 Å². The fraction of sp³-hybridized carbons (Fsp3) is 0.125. The Morgan fingerprint density at radius 3 is 2.42 bits per heavy atom. The second-order valence-corrected chi connectivity index (χ2v) is 4.04. The van der Waals surface area contributed by atoms with Gasteiger partial charge in [0.05, 0.1) is 5.56 Å². The van der Waals surface area contributed by atoms with Crippen molar-refractivity contribution in [2.45, 2.75) is 13.0 Å². The van der Waals surface area contributed by atoms with Gasteiger partial charge in [0.2, 0.25) is 6.29 Å². The molecule has 0 spiro atoms. The van der Waals surface area contributed by atoms with E-state index in [-0.39, 0.29) is 13.0 Å². The lowest BCUT2D eigenvalue weighted by atomic mass is 10.1. The average Bonchev–Trinajstić information content (AvgIpc) is 2.47. The van der Waals surface area contributed by atoms with Gasteiger partial charge in [-0.3, -0.25) is 4.79 Å². The van der Waals surface area contributed by atoms with Gasteiger partial charge in [0.25, 0.3) is 0 Å². The van der Waals surface area contributed by atoms with Crippen LogP contribution in [0.1, 0.15) is 21.5 Å². The van der Waals surface area contributed by atoms with E-state index in [1.54, 1.807) is 30.6 Å². The van der Waals surface area contributed by atoms with Crippen molar-refractivity contribution in [2.24, 2.45) is 0 Å². The molecule has 19 heavy (non-hydrogen) atoms. The minimum absolute atomic E-state index is 0.0939. The summed E-state index contributed by atoms with van der Waals surface area (Å²) in [5.74, 6) is -0.422. The molecular weight excluding hydrogens is 240 g/mol. The second-order valence-electron chi connectivity index (χ2n) is 4.04. The lowest BCUT2D eigenvalue weighted by Gasteiger charge is -2.07. The molecule has 2 aromatic rings. The standard InChI is InChI=1S/C16H13O3/c17-11-10-14-8-4-5-9-15(14)16(18)19-12-13-6-2-1-3-7-13/h1-9H,10,12H2. The molecule has 0 heterocycles. The fourth-order valence-electron chi connectivity index (χ4n) is 1.75. The molecule has 0 unspecified atom stereocenters. The maximum atomic E-state index is 12.0. The van der Waals surface area contributed by atoms with Crippen LogP contribution in [-0.4, -0.2) is 12.3 Å². The van der Waals surface area contributed by atoms with E-state index >= 15 is 0 Å². The van der Waals surface area contributed by atoms with Crippen molar-refractivity contribution in [1.82, 2.24) is 0 Å². The maximum absolute atomic E-state index is 12.0. The zero-order valence-electron chi connectivity index (χ0n) is 10.3. The van der Waals surface area contributed by atoms with Crippen molar-refractivity contribution in [3.05, 3.63) is 71.3 Å². The molecular formula is C16H13O3. The van der Waals surface area contributed by atoms with Crippen molar-refractivity contribution >= 4 is 12.3 Å². The van der Waals surface area contributed by atoms with E-state index in [0.717, 1.165) is 5.56 Å². The normalized spacial score (nSPS) is 9.89. The van der Waals surface area contributed by atoms with Crippen molar-refractivity contribution < 1.29 is 14.3 Å². The van der Waals surface area contributed by atoms with Crippen LogP contribution < -0.4 is 0 Å². The van der Waals surface area contributed by atoms with Gasteiger partial charge in [-0.05, 0) is 17.2 Å². The highest BCUT2D eigenvalue weighted by Crippen LogP contribution is 2.12. The van der Waals surface area contributed by atoms with Gasteiger partial charge in [-0.1, -0.05) is 48.5 Å². The Balaban J connectivity index is 2.06. The molecule has 0 aromatic heterocycles. The van der Waals surface area contributed by atoms with Crippen LogP contribution >= 0.6 is 0 Å². The number of benzene rings is 2. The molecule has 95 valence electrons. The Labute approximate surface area is 111 Å². The van der Waals surface area contributed by atoms with Crippen molar-refractivity contribution in [2.75, 3.05) is 0 Å². The summed E-state index contributed by atoms with van der Waals surface area (Å²) in [6.07, 6.45) is 1.89. The van der Waals surface area contributed by atoms with Gasteiger partial charge in [0.15, 0.2) is 0 Å². The topological polar surface area (TPSA) is 43.4 Å². The molecule has 0 fully saturated rings. The van der Waals surface area contributed by atoms with Gasteiger partial charge in [-0.25, -0.2) is 4.79 Å². The van der Waals surface area contributed by atoms with Gasteiger partial charge in [0, 0.05) is 6.42 Å². The summed E-state index contributed by atoms with van der Waals surface area (Å²) in [4.78, 5) is 22.4. The Bertz CT molecular complexity index is 561. The third kappa shape index (κ3) is 3.52. The fourth-order valence-corrected chi connectivity index (χ4v) is 1.75. The van der Waals surface area contributed by atoms with Crippen LogP contribution in [-0.2, 0) is 22.6 Å². The molecule has 0 saturated carbocycles. The maximum Gasteiger partial charge on any atom is 0.338 e. The molecule has 2 aromatic carbocycles. The Hall–Kier alpha value is -2.42. The highest BCUT2D eigenvalue weighted by molar-refractivity contribution is 5.91. The van der Waals surface area contributed by atoms with E-state index in [9.17, 15) is 9.59 Å². The van der Waals surface area contributed by atoms with Crippen molar-refractivity contribution in [1.29, 1.82) is 0 Å². The lowest BCUT2D eigenvalue weighted by molar-refractivity contribution is 0.0471. The first kappa shape index (κ1) is 13.0. The van der Waals surface area contributed by atoms with E-state index in [0.29, 0.717) is 11.1 Å². The minimum Gasteiger partial charge on any atom is -0.457 e. The number of ether oxygens (including phenoxy) is 1.